The first-order valence-corrected chi connectivity index (χ1v) is 7.65. The van der Waals surface area contributed by atoms with Gasteiger partial charge in [0.25, 0.3) is 5.69 Å². The number of benzene rings is 2. The lowest BCUT2D eigenvalue weighted by Gasteiger charge is -2.22. The highest BCUT2D eigenvalue weighted by atomic mass is 79.9. The molecule has 0 aromatic heterocycles. The number of halogens is 2. The number of rotatable bonds is 2. The summed E-state index contributed by atoms with van der Waals surface area (Å²) in [6, 6.07) is 11.3. The van der Waals surface area contributed by atoms with Crippen LogP contribution in [0.2, 0.25) is 0 Å². The van der Waals surface area contributed by atoms with Crippen LogP contribution in [0.4, 0.5) is 17.1 Å². The van der Waals surface area contributed by atoms with Crippen molar-refractivity contribution in [3.8, 4) is 0 Å². The maximum Gasteiger partial charge on any atom is 0.271 e. The average molecular weight is 398 g/mol. The Labute approximate surface area is 132 Å². The second-order valence-electron chi connectivity index (χ2n) is 4.55. The van der Waals surface area contributed by atoms with Crippen molar-refractivity contribution < 1.29 is 4.92 Å². The topological polar surface area (TPSA) is 46.4 Å². The van der Waals surface area contributed by atoms with Crippen molar-refractivity contribution in [3.63, 3.8) is 0 Å². The van der Waals surface area contributed by atoms with Gasteiger partial charge in [0.2, 0.25) is 0 Å². The average Bonchev–Trinajstić information content (AvgIpc) is 2.82. The minimum Gasteiger partial charge on any atom is -0.339 e. The third kappa shape index (κ3) is 2.23. The summed E-state index contributed by atoms with van der Waals surface area (Å²) in [5.41, 5.74) is 3.45. The molecular weight excluding hydrogens is 388 g/mol. The van der Waals surface area contributed by atoms with Crippen LogP contribution in [-0.4, -0.2) is 11.5 Å². The minimum atomic E-state index is -0.392. The van der Waals surface area contributed by atoms with Crippen LogP contribution < -0.4 is 4.90 Å². The molecule has 102 valence electrons. The van der Waals surface area contributed by atoms with Gasteiger partial charge in [-0.05, 0) is 49.9 Å². The molecule has 0 unspecified atom stereocenters. The standard InChI is InChI=1S/C14H10Br2N2O2/c15-11-7-10(18(19)20)8-12(16)14(11)17-6-5-9-3-1-2-4-13(9)17/h1-4,7-8H,5-6H2. The van der Waals surface area contributed by atoms with Crippen molar-refractivity contribution in [2.24, 2.45) is 0 Å². The van der Waals surface area contributed by atoms with Crippen LogP contribution in [0.5, 0.6) is 0 Å². The fourth-order valence-corrected chi connectivity index (χ4v) is 4.08. The molecule has 3 rings (SSSR count). The van der Waals surface area contributed by atoms with Gasteiger partial charge in [0.15, 0.2) is 0 Å². The molecule has 2 aromatic carbocycles. The predicted molar refractivity (Wildman–Crippen MR) is 85.6 cm³/mol. The molecule has 6 heteroatoms. The number of para-hydroxylation sites is 1. The Morgan fingerprint density at radius 1 is 1.15 bits per heavy atom. The second kappa shape index (κ2) is 5.18. The van der Waals surface area contributed by atoms with Gasteiger partial charge >= 0.3 is 0 Å². The molecule has 20 heavy (non-hydrogen) atoms. The number of anilines is 2. The summed E-state index contributed by atoms with van der Waals surface area (Å²) in [7, 11) is 0. The third-order valence-electron chi connectivity index (χ3n) is 3.37. The molecule has 0 aliphatic carbocycles. The normalized spacial score (nSPS) is 13.4. The highest BCUT2D eigenvalue weighted by Gasteiger charge is 2.25. The molecule has 4 nitrogen and oxygen atoms in total. The Balaban J connectivity index is 2.11. The number of fused-ring (bicyclic) bond motifs is 1. The zero-order valence-corrected chi connectivity index (χ0v) is 13.5. The molecule has 0 bridgehead atoms. The maximum atomic E-state index is 10.9. The van der Waals surface area contributed by atoms with Gasteiger partial charge in [-0.2, -0.15) is 0 Å². The lowest BCUT2D eigenvalue weighted by molar-refractivity contribution is -0.385. The van der Waals surface area contributed by atoms with Gasteiger partial charge in [-0.3, -0.25) is 10.1 Å². The van der Waals surface area contributed by atoms with E-state index in [0.29, 0.717) is 0 Å². The predicted octanol–water partition coefficient (Wildman–Crippen LogP) is 4.81. The minimum absolute atomic E-state index is 0.0694. The van der Waals surface area contributed by atoms with E-state index in [-0.39, 0.29) is 5.69 Å². The maximum absolute atomic E-state index is 10.9. The Hall–Kier alpha value is -1.40. The molecule has 0 atom stereocenters. The van der Waals surface area contributed by atoms with Crippen molar-refractivity contribution >= 4 is 48.9 Å². The zero-order chi connectivity index (χ0) is 14.3. The van der Waals surface area contributed by atoms with E-state index < -0.39 is 4.92 Å². The first-order valence-electron chi connectivity index (χ1n) is 6.07. The van der Waals surface area contributed by atoms with Gasteiger partial charge in [-0.15, -0.1) is 0 Å². The summed E-state index contributed by atoms with van der Waals surface area (Å²) in [5.74, 6) is 0. The van der Waals surface area contributed by atoms with Gasteiger partial charge in [0, 0.05) is 33.3 Å². The lowest BCUT2D eigenvalue weighted by Crippen LogP contribution is -2.14. The van der Waals surface area contributed by atoms with Crippen LogP contribution in [0, 0.1) is 10.1 Å². The van der Waals surface area contributed by atoms with Crippen LogP contribution >= 0.6 is 31.9 Å². The summed E-state index contributed by atoms with van der Waals surface area (Å²) < 4.78 is 1.44. The van der Waals surface area contributed by atoms with Gasteiger partial charge < -0.3 is 4.90 Å². The van der Waals surface area contributed by atoms with Crippen LogP contribution in [0.1, 0.15) is 5.56 Å². The number of hydrogen-bond acceptors (Lipinski definition) is 3. The Morgan fingerprint density at radius 2 is 1.80 bits per heavy atom. The SMILES string of the molecule is O=[N+]([O-])c1cc(Br)c(N2CCc3ccccc32)c(Br)c1. The molecule has 0 radical (unpaired) electrons. The summed E-state index contributed by atoms with van der Waals surface area (Å²) in [6.07, 6.45) is 0.978. The van der Waals surface area contributed by atoms with Crippen molar-refractivity contribution in [1.82, 2.24) is 0 Å². The molecule has 1 aliphatic heterocycles. The van der Waals surface area contributed by atoms with Gasteiger partial charge in [-0.1, -0.05) is 18.2 Å². The van der Waals surface area contributed by atoms with Gasteiger partial charge in [0.1, 0.15) is 0 Å². The van der Waals surface area contributed by atoms with Crippen molar-refractivity contribution in [2.75, 3.05) is 11.4 Å². The van der Waals surface area contributed by atoms with Crippen molar-refractivity contribution in [3.05, 3.63) is 61.0 Å². The van der Waals surface area contributed by atoms with Crippen LogP contribution in [0.15, 0.2) is 45.3 Å². The first kappa shape index (κ1) is 13.6. The third-order valence-corrected chi connectivity index (χ3v) is 4.58. The molecule has 1 heterocycles. The Bertz CT molecular complexity index is 680. The van der Waals surface area contributed by atoms with E-state index in [2.05, 4.69) is 48.9 Å². The van der Waals surface area contributed by atoms with Gasteiger partial charge in [0.05, 0.1) is 10.6 Å². The fraction of sp³-hybridized carbons (Fsp3) is 0.143. The molecule has 2 aromatic rings. The molecule has 0 saturated carbocycles. The van der Waals surface area contributed by atoms with E-state index in [4.69, 9.17) is 0 Å². The number of nitro groups is 1. The smallest absolute Gasteiger partial charge is 0.271 e. The summed E-state index contributed by atoms with van der Waals surface area (Å²) in [6.45, 7) is 0.869. The second-order valence-corrected chi connectivity index (χ2v) is 6.25. The van der Waals surface area contributed by atoms with Gasteiger partial charge in [-0.25, -0.2) is 0 Å². The number of hydrogen-bond donors (Lipinski definition) is 0. The summed E-state index contributed by atoms with van der Waals surface area (Å²) in [4.78, 5) is 12.7. The van der Waals surface area contributed by atoms with Crippen LogP contribution in [-0.2, 0) is 6.42 Å². The van der Waals surface area contributed by atoms with Crippen LogP contribution in [0.3, 0.4) is 0 Å². The zero-order valence-electron chi connectivity index (χ0n) is 10.3. The largest absolute Gasteiger partial charge is 0.339 e. The molecule has 0 N–H and O–H groups in total. The number of nitro benzene ring substituents is 1. The molecule has 1 aliphatic rings. The van der Waals surface area contributed by atoms with Crippen molar-refractivity contribution in [1.29, 1.82) is 0 Å². The number of non-ortho nitro benzene ring substituents is 1. The van der Waals surface area contributed by atoms with E-state index in [1.54, 1.807) is 12.1 Å². The lowest BCUT2D eigenvalue weighted by atomic mass is 10.2. The molecule has 0 spiro atoms. The van der Waals surface area contributed by atoms with E-state index in [1.807, 2.05) is 12.1 Å². The highest BCUT2D eigenvalue weighted by Crippen LogP contribution is 2.44. The monoisotopic (exact) mass is 396 g/mol. The van der Waals surface area contributed by atoms with E-state index >= 15 is 0 Å². The Morgan fingerprint density at radius 3 is 2.45 bits per heavy atom. The van der Waals surface area contributed by atoms with E-state index in [1.165, 1.54) is 5.56 Å². The quantitative estimate of drug-likeness (QED) is 0.539. The highest BCUT2D eigenvalue weighted by molar-refractivity contribution is 9.11. The molecule has 0 fully saturated rings. The van der Waals surface area contributed by atoms with Crippen molar-refractivity contribution in [2.45, 2.75) is 6.42 Å². The molecule has 0 saturated heterocycles. The first-order chi connectivity index (χ1) is 9.58. The van der Waals surface area contributed by atoms with Crippen LogP contribution in [0.25, 0.3) is 0 Å². The van der Waals surface area contributed by atoms with E-state index in [0.717, 1.165) is 33.3 Å². The molecular formula is C14H10Br2N2O2. The number of nitrogens with zero attached hydrogens (tertiary/aromatic N) is 2. The fourth-order valence-electron chi connectivity index (χ4n) is 2.49. The summed E-state index contributed by atoms with van der Waals surface area (Å²) in [5, 5.41) is 10.9. The molecule has 0 amide bonds. The van der Waals surface area contributed by atoms with E-state index in [9.17, 15) is 10.1 Å². The summed E-state index contributed by atoms with van der Waals surface area (Å²) >= 11 is 6.90. The Kier molecular flexibility index (Phi) is 3.52.